The fraction of sp³-hybridized carbons (Fsp3) is 0.571. The van der Waals surface area contributed by atoms with Gasteiger partial charge in [0, 0.05) is 38.0 Å². The largest absolute Gasteiger partial charge is 0.308 e. The molecule has 19 heavy (non-hydrogen) atoms. The van der Waals surface area contributed by atoms with Gasteiger partial charge in [0.15, 0.2) is 9.84 Å². The van der Waals surface area contributed by atoms with E-state index < -0.39 is 9.84 Å². The van der Waals surface area contributed by atoms with Gasteiger partial charge in [-0.3, -0.25) is 4.90 Å². The van der Waals surface area contributed by atoms with E-state index in [0.717, 1.165) is 19.6 Å². The Morgan fingerprint density at radius 1 is 1.32 bits per heavy atom. The second-order valence-corrected chi connectivity index (χ2v) is 7.43. The van der Waals surface area contributed by atoms with E-state index in [0.29, 0.717) is 12.6 Å². The summed E-state index contributed by atoms with van der Waals surface area (Å²) in [5.74, 6) is 0.506. The first-order valence-electron chi connectivity index (χ1n) is 6.82. The van der Waals surface area contributed by atoms with Gasteiger partial charge < -0.3 is 5.32 Å². The van der Waals surface area contributed by atoms with Crippen LogP contribution in [0.15, 0.2) is 30.3 Å². The third-order valence-electron chi connectivity index (χ3n) is 3.62. The standard InChI is InChI=1S/C14H22N2O2S/c1-2-19(17,18)11-10-16-9-8-15-14(12-16)13-6-4-3-5-7-13/h3-7,14-15H,2,8-12H2,1H3. The van der Waals surface area contributed by atoms with Crippen molar-refractivity contribution in [2.75, 3.05) is 37.7 Å². The van der Waals surface area contributed by atoms with E-state index in [-0.39, 0.29) is 11.5 Å². The molecular weight excluding hydrogens is 260 g/mol. The van der Waals surface area contributed by atoms with E-state index in [1.807, 2.05) is 18.2 Å². The molecule has 2 rings (SSSR count). The maximum atomic E-state index is 11.6. The van der Waals surface area contributed by atoms with Crippen LogP contribution in [0.3, 0.4) is 0 Å². The summed E-state index contributed by atoms with van der Waals surface area (Å²) in [5.41, 5.74) is 1.27. The lowest BCUT2D eigenvalue weighted by Crippen LogP contribution is -2.47. The fourth-order valence-electron chi connectivity index (χ4n) is 2.34. The Labute approximate surface area is 115 Å². The van der Waals surface area contributed by atoms with Crippen molar-refractivity contribution in [3.63, 3.8) is 0 Å². The number of hydrogen-bond acceptors (Lipinski definition) is 4. The van der Waals surface area contributed by atoms with Crippen LogP contribution in [0, 0.1) is 0 Å². The summed E-state index contributed by atoms with van der Waals surface area (Å²) in [5, 5.41) is 3.49. The average Bonchev–Trinajstić information content (AvgIpc) is 2.47. The van der Waals surface area contributed by atoms with Crippen molar-refractivity contribution in [3.05, 3.63) is 35.9 Å². The molecule has 1 N–H and O–H groups in total. The molecule has 1 aliphatic rings. The predicted molar refractivity (Wildman–Crippen MR) is 78.0 cm³/mol. The zero-order valence-corrected chi connectivity index (χ0v) is 12.2. The maximum absolute atomic E-state index is 11.6. The maximum Gasteiger partial charge on any atom is 0.151 e. The third-order valence-corrected chi connectivity index (χ3v) is 5.30. The molecule has 5 heteroatoms. The topological polar surface area (TPSA) is 49.4 Å². The fourth-order valence-corrected chi connectivity index (χ4v) is 3.16. The molecule has 1 unspecified atom stereocenters. The van der Waals surface area contributed by atoms with Crippen LogP contribution in [0.2, 0.25) is 0 Å². The number of nitrogens with zero attached hydrogens (tertiary/aromatic N) is 1. The van der Waals surface area contributed by atoms with Crippen molar-refractivity contribution in [2.45, 2.75) is 13.0 Å². The Balaban J connectivity index is 1.91. The molecule has 0 amide bonds. The van der Waals surface area contributed by atoms with Crippen LogP contribution >= 0.6 is 0 Å². The number of piperazine rings is 1. The van der Waals surface area contributed by atoms with Crippen molar-refractivity contribution < 1.29 is 8.42 Å². The quantitative estimate of drug-likeness (QED) is 0.877. The van der Waals surface area contributed by atoms with Gasteiger partial charge in [-0.1, -0.05) is 37.3 Å². The normalized spacial score (nSPS) is 21.4. The molecule has 1 aromatic rings. The minimum atomic E-state index is -2.86. The van der Waals surface area contributed by atoms with Crippen molar-refractivity contribution in [1.29, 1.82) is 0 Å². The molecule has 1 saturated heterocycles. The molecule has 0 saturated carbocycles. The lowest BCUT2D eigenvalue weighted by molar-refractivity contribution is 0.211. The summed E-state index contributed by atoms with van der Waals surface area (Å²) in [4.78, 5) is 2.24. The summed E-state index contributed by atoms with van der Waals surface area (Å²) in [7, 11) is -2.86. The minimum Gasteiger partial charge on any atom is -0.308 e. The van der Waals surface area contributed by atoms with Crippen LogP contribution in [0.1, 0.15) is 18.5 Å². The molecular formula is C14H22N2O2S. The predicted octanol–water partition coefficient (Wildman–Crippen LogP) is 1.07. The zero-order chi connectivity index (χ0) is 13.7. The van der Waals surface area contributed by atoms with Crippen LogP contribution in [0.25, 0.3) is 0 Å². The van der Waals surface area contributed by atoms with Crippen LogP contribution in [-0.2, 0) is 9.84 Å². The molecule has 1 heterocycles. The molecule has 0 aliphatic carbocycles. The van der Waals surface area contributed by atoms with E-state index in [9.17, 15) is 8.42 Å². The van der Waals surface area contributed by atoms with Crippen molar-refractivity contribution >= 4 is 9.84 Å². The van der Waals surface area contributed by atoms with Crippen molar-refractivity contribution in [2.24, 2.45) is 0 Å². The SMILES string of the molecule is CCS(=O)(=O)CCN1CCNC(c2ccccc2)C1. The summed E-state index contributed by atoms with van der Waals surface area (Å²) in [6, 6.07) is 10.6. The van der Waals surface area contributed by atoms with Crippen molar-refractivity contribution in [1.82, 2.24) is 10.2 Å². The summed E-state index contributed by atoms with van der Waals surface area (Å²) < 4.78 is 23.1. The first-order chi connectivity index (χ1) is 9.11. The van der Waals surface area contributed by atoms with Gasteiger partial charge in [0.25, 0.3) is 0 Å². The number of rotatable bonds is 5. The monoisotopic (exact) mass is 282 g/mol. The van der Waals surface area contributed by atoms with Gasteiger partial charge in [0.1, 0.15) is 0 Å². The Kier molecular flexibility index (Phi) is 4.96. The number of nitrogens with one attached hydrogen (secondary N) is 1. The summed E-state index contributed by atoms with van der Waals surface area (Å²) in [6.07, 6.45) is 0. The van der Waals surface area contributed by atoms with Gasteiger partial charge in [0.2, 0.25) is 0 Å². The molecule has 0 spiro atoms. The molecule has 1 fully saturated rings. The van der Waals surface area contributed by atoms with Gasteiger partial charge in [-0.25, -0.2) is 8.42 Å². The molecule has 1 aliphatic heterocycles. The van der Waals surface area contributed by atoms with Crippen LogP contribution in [-0.4, -0.2) is 51.0 Å². The molecule has 106 valence electrons. The van der Waals surface area contributed by atoms with Gasteiger partial charge >= 0.3 is 0 Å². The molecule has 0 radical (unpaired) electrons. The van der Waals surface area contributed by atoms with Gasteiger partial charge in [0.05, 0.1) is 5.75 Å². The lowest BCUT2D eigenvalue weighted by Gasteiger charge is -2.33. The average molecular weight is 282 g/mol. The van der Waals surface area contributed by atoms with E-state index >= 15 is 0 Å². The van der Waals surface area contributed by atoms with Gasteiger partial charge in [-0.2, -0.15) is 0 Å². The van der Waals surface area contributed by atoms with Crippen LogP contribution in [0.5, 0.6) is 0 Å². The first-order valence-corrected chi connectivity index (χ1v) is 8.64. The first kappa shape index (κ1) is 14.5. The highest BCUT2D eigenvalue weighted by atomic mass is 32.2. The second-order valence-electron chi connectivity index (χ2n) is 4.95. The lowest BCUT2D eigenvalue weighted by atomic mass is 10.0. The molecule has 0 aromatic heterocycles. The number of hydrogen-bond donors (Lipinski definition) is 1. The second kappa shape index (κ2) is 6.50. The van der Waals surface area contributed by atoms with Gasteiger partial charge in [-0.05, 0) is 5.56 Å². The molecule has 4 nitrogen and oxygen atoms in total. The van der Waals surface area contributed by atoms with E-state index in [1.165, 1.54) is 5.56 Å². The highest BCUT2D eigenvalue weighted by Crippen LogP contribution is 2.16. The highest BCUT2D eigenvalue weighted by Gasteiger charge is 2.21. The molecule has 1 aromatic carbocycles. The molecule has 0 bridgehead atoms. The minimum absolute atomic E-state index is 0.237. The Morgan fingerprint density at radius 2 is 2.05 bits per heavy atom. The molecule has 1 atom stereocenters. The summed E-state index contributed by atoms with van der Waals surface area (Å²) >= 11 is 0. The Morgan fingerprint density at radius 3 is 2.74 bits per heavy atom. The number of sulfone groups is 1. The van der Waals surface area contributed by atoms with Crippen molar-refractivity contribution in [3.8, 4) is 0 Å². The van der Waals surface area contributed by atoms with E-state index in [2.05, 4.69) is 22.3 Å². The smallest absolute Gasteiger partial charge is 0.151 e. The van der Waals surface area contributed by atoms with Crippen LogP contribution in [0.4, 0.5) is 0 Å². The Bertz CT molecular complexity index is 487. The highest BCUT2D eigenvalue weighted by molar-refractivity contribution is 7.91. The Hall–Kier alpha value is -0.910. The third kappa shape index (κ3) is 4.30. The van der Waals surface area contributed by atoms with Gasteiger partial charge in [-0.15, -0.1) is 0 Å². The van der Waals surface area contributed by atoms with E-state index in [4.69, 9.17) is 0 Å². The number of benzene rings is 1. The zero-order valence-electron chi connectivity index (χ0n) is 11.4. The summed E-state index contributed by atoms with van der Waals surface area (Å²) in [6.45, 7) is 5.05. The van der Waals surface area contributed by atoms with E-state index in [1.54, 1.807) is 6.92 Å². The van der Waals surface area contributed by atoms with Crippen LogP contribution < -0.4 is 5.32 Å².